The van der Waals surface area contributed by atoms with E-state index in [-0.39, 0.29) is 17.7 Å². The van der Waals surface area contributed by atoms with Crippen LogP contribution in [0.25, 0.3) is 0 Å². The summed E-state index contributed by atoms with van der Waals surface area (Å²) in [6.45, 7) is 5.01. The molecule has 0 radical (unpaired) electrons. The first kappa shape index (κ1) is 23.7. The minimum atomic E-state index is -3.37. The molecule has 168 valence electrons. The fraction of sp³-hybridized carbons (Fsp3) is 0.435. The smallest absolute Gasteiger partial charge is 0.231 e. The van der Waals surface area contributed by atoms with E-state index in [0.29, 0.717) is 43.2 Å². The number of sulfonamides is 1. The Kier molecular flexibility index (Phi) is 7.75. The van der Waals surface area contributed by atoms with Crippen molar-refractivity contribution in [2.24, 2.45) is 0 Å². The quantitative estimate of drug-likeness (QED) is 0.625. The van der Waals surface area contributed by atoms with Crippen LogP contribution in [0, 0.1) is 0 Å². The normalized spacial score (nSPS) is 16.3. The van der Waals surface area contributed by atoms with Crippen LogP contribution in [0.5, 0.6) is 0 Å². The van der Waals surface area contributed by atoms with Gasteiger partial charge >= 0.3 is 0 Å². The highest BCUT2D eigenvalue weighted by molar-refractivity contribution is 7.88. The summed E-state index contributed by atoms with van der Waals surface area (Å²) in [5, 5.41) is 3.69. The van der Waals surface area contributed by atoms with Crippen molar-refractivity contribution in [2.45, 2.75) is 50.4 Å². The molecule has 1 amide bonds. The number of hydrogen-bond acceptors (Lipinski definition) is 4. The van der Waals surface area contributed by atoms with Gasteiger partial charge in [0.1, 0.15) is 0 Å². The lowest BCUT2D eigenvalue weighted by Crippen LogP contribution is -2.47. The minimum absolute atomic E-state index is 0.0362. The first-order chi connectivity index (χ1) is 14.7. The SMILES string of the molecule is CC(C)NS(=O)(=O)Cc1ccc(CNC(=O)C2(c3ccc(Cl)cc3)CCOCC2)cc1. The van der Waals surface area contributed by atoms with Crippen molar-refractivity contribution in [1.29, 1.82) is 0 Å². The lowest BCUT2D eigenvalue weighted by atomic mass is 9.73. The second-order valence-corrected chi connectivity index (χ2v) is 10.4. The van der Waals surface area contributed by atoms with Gasteiger partial charge in [-0.15, -0.1) is 0 Å². The molecular weight excluding hydrogens is 436 g/mol. The van der Waals surface area contributed by atoms with E-state index in [1.807, 2.05) is 36.4 Å². The number of halogens is 1. The maximum atomic E-state index is 13.2. The van der Waals surface area contributed by atoms with Crippen LogP contribution in [-0.2, 0) is 37.3 Å². The van der Waals surface area contributed by atoms with Gasteiger partial charge in [0.05, 0.1) is 11.2 Å². The van der Waals surface area contributed by atoms with Gasteiger partial charge in [0, 0.05) is 30.8 Å². The highest BCUT2D eigenvalue weighted by Gasteiger charge is 2.41. The average molecular weight is 465 g/mol. The maximum Gasteiger partial charge on any atom is 0.231 e. The van der Waals surface area contributed by atoms with Gasteiger partial charge < -0.3 is 10.1 Å². The van der Waals surface area contributed by atoms with E-state index in [9.17, 15) is 13.2 Å². The number of nitrogens with one attached hydrogen (secondary N) is 2. The Bertz CT molecular complexity index is 983. The number of carbonyl (C=O) groups excluding carboxylic acids is 1. The molecule has 1 fully saturated rings. The molecule has 1 aliphatic heterocycles. The molecule has 0 aromatic heterocycles. The Hall–Kier alpha value is -1.93. The molecule has 0 aliphatic carbocycles. The van der Waals surface area contributed by atoms with Crippen LogP contribution in [0.3, 0.4) is 0 Å². The van der Waals surface area contributed by atoms with Gasteiger partial charge in [0.2, 0.25) is 15.9 Å². The van der Waals surface area contributed by atoms with E-state index in [1.54, 1.807) is 26.0 Å². The summed E-state index contributed by atoms with van der Waals surface area (Å²) >= 11 is 6.03. The van der Waals surface area contributed by atoms with Crippen LogP contribution in [0.2, 0.25) is 5.02 Å². The van der Waals surface area contributed by atoms with Gasteiger partial charge in [0.15, 0.2) is 0 Å². The average Bonchev–Trinajstić information content (AvgIpc) is 2.72. The van der Waals surface area contributed by atoms with Crippen molar-refractivity contribution in [3.8, 4) is 0 Å². The Morgan fingerprint density at radius 3 is 2.19 bits per heavy atom. The largest absolute Gasteiger partial charge is 0.381 e. The molecule has 0 spiro atoms. The van der Waals surface area contributed by atoms with Crippen LogP contribution < -0.4 is 10.0 Å². The fourth-order valence-corrected chi connectivity index (χ4v) is 5.42. The lowest BCUT2D eigenvalue weighted by molar-refractivity contribution is -0.130. The number of ether oxygens (including phenoxy) is 1. The molecule has 0 bridgehead atoms. The minimum Gasteiger partial charge on any atom is -0.381 e. The van der Waals surface area contributed by atoms with E-state index in [2.05, 4.69) is 10.0 Å². The monoisotopic (exact) mass is 464 g/mol. The molecule has 1 saturated heterocycles. The molecular formula is C23H29ClN2O4S. The molecule has 2 N–H and O–H groups in total. The van der Waals surface area contributed by atoms with E-state index in [0.717, 1.165) is 11.1 Å². The van der Waals surface area contributed by atoms with Gasteiger partial charge in [-0.2, -0.15) is 0 Å². The summed E-state index contributed by atoms with van der Waals surface area (Å²) in [5.74, 6) is -0.108. The summed E-state index contributed by atoms with van der Waals surface area (Å²) in [7, 11) is -3.37. The zero-order chi connectivity index (χ0) is 22.5. The highest BCUT2D eigenvalue weighted by Crippen LogP contribution is 2.35. The van der Waals surface area contributed by atoms with Gasteiger partial charge in [-0.3, -0.25) is 4.79 Å². The second-order valence-electron chi connectivity index (χ2n) is 8.23. The summed E-state index contributed by atoms with van der Waals surface area (Å²) in [6, 6.07) is 14.6. The van der Waals surface area contributed by atoms with Crippen molar-refractivity contribution in [1.82, 2.24) is 10.0 Å². The second kappa shape index (κ2) is 10.1. The fourth-order valence-electron chi connectivity index (χ4n) is 3.86. The van der Waals surface area contributed by atoms with E-state index in [4.69, 9.17) is 16.3 Å². The highest BCUT2D eigenvalue weighted by atomic mass is 35.5. The number of amides is 1. The van der Waals surface area contributed by atoms with Crippen LogP contribution in [0.4, 0.5) is 0 Å². The third kappa shape index (κ3) is 6.29. The first-order valence-electron chi connectivity index (χ1n) is 10.4. The van der Waals surface area contributed by atoms with Crippen molar-refractivity contribution >= 4 is 27.5 Å². The first-order valence-corrected chi connectivity index (χ1v) is 12.4. The van der Waals surface area contributed by atoms with E-state index in [1.165, 1.54) is 0 Å². The van der Waals surface area contributed by atoms with Crippen LogP contribution in [0.1, 0.15) is 43.4 Å². The Morgan fingerprint density at radius 2 is 1.61 bits per heavy atom. The predicted molar refractivity (Wildman–Crippen MR) is 122 cm³/mol. The Morgan fingerprint density at radius 1 is 1.03 bits per heavy atom. The molecule has 8 heteroatoms. The number of benzene rings is 2. The van der Waals surface area contributed by atoms with Crippen molar-refractivity contribution < 1.29 is 17.9 Å². The molecule has 1 heterocycles. The van der Waals surface area contributed by atoms with Gasteiger partial charge in [-0.25, -0.2) is 13.1 Å². The molecule has 0 unspecified atom stereocenters. The van der Waals surface area contributed by atoms with Gasteiger partial charge in [0.25, 0.3) is 0 Å². The Balaban J connectivity index is 1.66. The van der Waals surface area contributed by atoms with E-state index >= 15 is 0 Å². The maximum absolute atomic E-state index is 13.2. The third-order valence-corrected chi connectivity index (χ3v) is 7.22. The van der Waals surface area contributed by atoms with Crippen molar-refractivity contribution in [2.75, 3.05) is 13.2 Å². The number of hydrogen-bond donors (Lipinski definition) is 2. The van der Waals surface area contributed by atoms with Crippen molar-refractivity contribution in [3.63, 3.8) is 0 Å². The summed E-state index contributed by atoms with van der Waals surface area (Å²) in [4.78, 5) is 13.2. The summed E-state index contributed by atoms with van der Waals surface area (Å²) < 4.78 is 32.3. The molecule has 0 saturated carbocycles. The van der Waals surface area contributed by atoms with Crippen LogP contribution >= 0.6 is 11.6 Å². The summed E-state index contributed by atoms with van der Waals surface area (Å²) in [6.07, 6.45) is 1.22. The lowest BCUT2D eigenvalue weighted by Gasteiger charge is -2.36. The van der Waals surface area contributed by atoms with E-state index < -0.39 is 15.4 Å². The van der Waals surface area contributed by atoms with Crippen molar-refractivity contribution in [3.05, 3.63) is 70.2 Å². The molecule has 2 aromatic carbocycles. The van der Waals surface area contributed by atoms with Gasteiger partial charge in [-0.05, 0) is 55.5 Å². The van der Waals surface area contributed by atoms with Crippen LogP contribution in [-0.4, -0.2) is 33.6 Å². The summed E-state index contributed by atoms with van der Waals surface area (Å²) in [5.41, 5.74) is 1.91. The zero-order valence-corrected chi connectivity index (χ0v) is 19.4. The predicted octanol–water partition coefficient (Wildman–Crippen LogP) is 3.53. The topological polar surface area (TPSA) is 84.5 Å². The molecule has 3 rings (SSSR count). The third-order valence-electron chi connectivity index (χ3n) is 5.43. The number of carbonyl (C=O) groups is 1. The molecule has 6 nitrogen and oxygen atoms in total. The molecule has 31 heavy (non-hydrogen) atoms. The number of rotatable bonds is 8. The Labute approximate surface area is 189 Å². The molecule has 2 aromatic rings. The molecule has 1 aliphatic rings. The van der Waals surface area contributed by atoms with Crippen LogP contribution in [0.15, 0.2) is 48.5 Å². The zero-order valence-electron chi connectivity index (χ0n) is 17.9. The molecule has 0 atom stereocenters. The standard InChI is InChI=1S/C23H29ClN2O4S/c1-17(2)26-31(28,29)16-19-5-3-18(4-6-19)15-25-22(27)23(11-13-30-14-12-23)20-7-9-21(24)10-8-20/h3-10,17,26H,11-16H2,1-2H3,(H,25,27). The van der Waals surface area contributed by atoms with Gasteiger partial charge in [-0.1, -0.05) is 48.0 Å².